The molecule has 0 aromatic carbocycles. The highest BCUT2D eigenvalue weighted by Gasteiger charge is 2.34. The number of Topliss-reactive ketones (excluding diaryl/α,β-unsaturated/α-hetero) is 1. The van der Waals surface area contributed by atoms with Gasteiger partial charge in [-0.15, -0.1) is 6.42 Å². The van der Waals surface area contributed by atoms with Gasteiger partial charge in [0, 0.05) is 12.5 Å². The van der Waals surface area contributed by atoms with E-state index >= 15 is 0 Å². The number of carbonyl (C=O) groups excluding carboxylic acids is 2. The van der Waals surface area contributed by atoms with Gasteiger partial charge in [-0.05, 0) is 27.2 Å². The van der Waals surface area contributed by atoms with E-state index in [-0.39, 0.29) is 18.2 Å². The lowest BCUT2D eigenvalue weighted by Gasteiger charge is -2.33. The summed E-state index contributed by atoms with van der Waals surface area (Å²) >= 11 is 0. The summed E-state index contributed by atoms with van der Waals surface area (Å²) in [5.41, 5.74) is 5.11. The molecule has 18 heavy (non-hydrogen) atoms. The molecule has 0 aliphatic carbocycles. The Hall–Kier alpha value is -1.54. The Bertz CT molecular complexity index is 379. The number of amides is 1. The molecule has 2 N–H and O–H groups in total. The number of ether oxygens (including phenoxy) is 1. The maximum Gasteiger partial charge on any atom is 0.410 e. The number of piperidine rings is 1. The second-order valence-corrected chi connectivity index (χ2v) is 5.46. The summed E-state index contributed by atoms with van der Waals surface area (Å²) in [6, 6.07) is -0.571. The quantitative estimate of drug-likeness (QED) is 0.700. The summed E-state index contributed by atoms with van der Waals surface area (Å²) in [7, 11) is 0. The van der Waals surface area contributed by atoms with Gasteiger partial charge in [-0.2, -0.15) is 0 Å². The minimum absolute atomic E-state index is 0.0228. The number of hydrogen-bond acceptors (Lipinski definition) is 4. The monoisotopic (exact) mass is 252 g/mol. The van der Waals surface area contributed by atoms with Crippen LogP contribution in [-0.2, 0) is 9.53 Å². The van der Waals surface area contributed by atoms with Crippen LogP contribution in [0.4, 0.5) is 4.79 Å². The summed E-state index contributed by atoms with van der Waals surface area (Å²) in [5.74, 6) is 1.92. The van der Waals surface area contributed by atoms with Crippen LogP contribution >= 0.6 is 0 Å². The van der Waals surface area contributed by atoms with E-state index in [1.54, 1.807) is 20.8 Å². The van der Waals surface area contributed by atoms with Gasteiger partial charge in [-0.3, -0.25) is 4.79 Å². The van der Waals surface area contributed by atoms with Crippen molar-refractivity contribution in [3.05, 3.63) is 0 Å². The zero-order valence-corrected chi connectivity index (χ0v) is 11.1. The molecule has 5 heteroatoms. The van der Waals surface area contributed by atoms with Crippen molar-refractivity contribution >= 4 is 11.9 Å². The van der Waals surface area contributed by atoms with Gasteiger partial charge in [-0.1, -0.05) is 5.92 Å². The molecule has 1 rings (SSSR count). The smallest absolute Gasteiger partial charge is 0.410 e. The molecule has 1 aliphatic heterocycles. The highest BCUT2D eigenvalue weighted by atomic mass is 16.6. The summed E-state index contributed by atoms with van der Waals surface area (Å²) in [4.78, 5) is 25.0. The standard InChI is InChI=1S/C13H20N2O3/c1-5-10(14)9-6-7-15(8-11(9)16)12(17)18-13(2,3)4/h1,9-10H,6-8,14H2,2-4H3. The average Bonchev–Trinajstić information content (AvgIpc) is 2.25. The Kier molecular flexibility index (Phi) is 4.36. The van der Waals surface area contributed by atoms with Crippen molar-refractivity contribution in [2.24, 2.45) is 11.7 Å². The van der Waals surface area contributed by atoms with Gasteiger partial charge in [0.25, 0.3) is 0 Å². The molecule has 0 aromatic heterocycles. The van der Waals surface area contributed by atoms with E-state index in [0.29, 0.717) is 13.0 Å². The number of likely N-dealkylation sites (tertiary alicyclic amines) is 1. The number of terminal acetylenes is 1. The molecule has 0 aromatic rings. The molecule has 1 amide bonds. The zero-order valence-electron chi connectivity index (χ0n) is 11.1. The van der Waals surface area contributed by atoms with Crippen LogP contribution in [0.15, 0.2) is 0 Å². The average molecular weight is 252 g/mol. The molecule has 0 saturated carbocycles. The van der Waals surface area contributed by atoms with E-state index in [4.69, 9.17) is 16.9 Å². The Morgan fingerprint density at radius 3 is 2.67 bits per heavy atom. The van der Waals surface area contributed by atoms with E-state index in [0.717, 1.165) is 0 Å². The molecule has 100 valence electrons. The third-order valence-electron chi connectivity index (χ3n) is 2.75. The second kappa shape index (κ2) is 5.40. The fourth-order valence-electron chi connectivity index (χ4n) is 1.82. The van der Waals surface area contributed by atoms with Crippen molar-refractivity contribution in [1.82, 2.24) is 4.90 Å². The lowest BCUT2D eigenvalue weighted by molar-refractivity contribution is -0.126. The van der Waals surface area contributed by atoms with E-state index < -0.39 is 17.7 Å². The highest BCUT2D eigenvalue weighted by Crippen LogP contribution is 2.19. The fourth-order valence-corrected chi connectivity index (χ4v) is 1.82. The Morgan fingerprint density at radius 1 is 1.61 bits per heavy atom. The van der Waals surface area contributed by atoms with Gasteiger partial charge in [0.05, 0.1) is 12.6 Å². The van der Waals surface area contributed by atoms with E-state index in [2.05, 4.69) is 5.92 Å². The normalized spacial score (nSPS) is 22.3. The number of ketones is 1. The van der Waals surface area contributed by atoms with Gasteiger partial charge in [-0.25, -0.2) is 4.79 Å². The summed E-state index contributed by atoms with van der Waals surface area (Å²) in [6.45, 7) is 5.82. The third kappa shape index (κ3) is 3.74. The minimum atomic E-state index is -0.571. The van der Waals surface area contributed by atoms with Crippen LogP contribution in [0.1, 0.15) is 27.2 Å². The Morgan fingerprint density at radius 2 is 2.22 bits per heavy atom. The third-order valence-corrected chi connectivity index (χ3v) is 2.75. The number of carbonyl (C=O) groups is 2. The molecule has 2 atom stereocenters. The zero-order chi connectivity index (χ0) is 13.9. The number of hydrogen-bond donors (Lipinski definition) is 1. The Labute approximate surface area is 108 Å². The van der Waals surface area contributed by atoms with Gasteiger partial charge in [0.2, 0.25) is 0 Å². The summed E-state index contributed by atoms with van der Waals surface area (Å²) in [5, 5.41) is 0. The first-order valence-electron chi connectivity index (χ1n) is 5.97. The van der Waals surface area contributed by atoms with Gasteiger partial charge in [0.1, 0.15) is 5.60 Å². The van der Waals surface area contributed by atoms with Crippen LogP contribution in [0.2, 0.25) is 0 Å². The number of nitrogens with two attached hydrogens (primary N) is 1. The number of nitrogens with zero attached hydrogens (tertiary/aromatic N) is 1. The molecule has 1 heterocycles. The summed E-state index contributed by atoms with van der Waals surface area (Å²) < 4.78 is 5.21. The SMILES string of the molecule is C#CC(N)C1CCN(C(=O)OC(C)(C)C)CC1=O. The van der Waals surface area contributed by atoms with Crippen LogP contribution in [0.3, 0.4) is 0 Å². The molecular formula is C13H20N2O3. The topological polar surface area (TPSA) is 72.6 Å². The van der Waals surface area contributed by atoms with Crippen LogP contribution in [-0.4, -0.2) is 41.5 Å². The molecule has 1 aliphatic rings. The first-order valence-corrected chi connectivity index (χ1v) is 5.97. The van der Waals surface area contributed by atoms with E-state index in [9.17, 15) is 9.59 Å². The molecule has 1 fully saturated rings. The minimum Gasteiger partial charge on any atom is -0.444 e. The molecule has 1 saturated heterocycles. The van der Waals surface area contributed by atoms with E-state index in [1.807, 2.05) is 0 Å². The van der Waals surface area contributed by atoms with Gasteiger partial charge >= 0.3 is 6.09 Å². The summed E-state index contributed by atoms with van der Waals surface area (Å²) in [6.07, 6.45) is 5.23. The number of rotatable bonds is 1. The van der Waals surface area contributed by atoms with Crippen LogP contribution in [0.25, 0.3) is 0 Å². The van der Waals surface area contributed by atoms with Crippen molar-refractivity contribution in [2.75, 3.05) is 13.1 Å². The maximum absolute atomic E-state index is 11.9. The first-order chi connectivity index (χ1) is 8.24. The maximum atomic E-state index is 11.9. The molecule has 0 spiro atoms. The molecule has 5 nitrogen and oxygen atoms in total. The van der Waals surface area contributed by atoms with Crippen molar-refractivity contribution in [1.29, 1.82) is 0 Å². The van der Waals surface area contributed by atoms with Crippen molar-refractivity contribution in [2.45, 2.75) is 38.8 Å². The Balaban J connectivity index is 2.59. The van der Waals surface area contributed by atoms with Crippen molar-refractivity contribution < 1.29 is 14.3 Å². The predicted octanol–water partition coefficient (Wildman–Crippen LogP) is 0.773. The fraction of sp³-hybridized carbons (Fsp3) is 0.692. The molecule has 0 bridgehead atoms. The highest BCUT2D eigenvalue weighted by molar-refractivity contribution is 5.88. The van der Waals surface area contributed by atoms with Crippen LogP contribution < -0.4 is 5.73 Å². The first kappa shape index (κ1) is 14.5. The molecule has 0 radical (unpaired) electrons. The molecular weight excluding hydrogens is 232 g/mol. The van der Waals surface area contributed by atoms with Gasteiger partial charge in [0.15, 0.2) is 5.78 Å². The lowest BCUT2D eigenvalue weighted by Crippen LogP contribution is -2.50. The van der Waals surface area contributed by atoms with Gasteiger partial charge < -0.3 is 15.4 Å². The van der Waals surface area contributed by atoms with Crippen molar-refractivity contribution in [3.8, 4) is 12.3 Å². The molecule has 2 unspecified atom stereocenters. The lowest BCUT2D eigenvalue weighted by atomic mass is 9.89. The largest absolute Gasteiger partial charge is 0.444 e. The van der Waals surface area contributed by atoms with Crippen molar-refractivity contribution in [3.63, 3.8) is 0 Å². The van der Waals surface area contributed by atoms with Crippen LogP contribution in [0, 0.1) is 18.3 Å². The van der Waals surface area contributed by atoms with E-state index in [1.165, 1.54) is 4.90 Å². The van der Waals surface area contributed by atoms with Crippen LogP contribution in [0.5, 0.6) is 0 Å². The predicted molar refractivity (Wildman–Crippen MR) is 67.7 cm³/mol. The second-order valence-electron chi connectivity index (χ2n) is 5.46.